The van der Waals surface area contributed by atoms with Gasteiger partial charge < -0.3 is 14.7 Å². The van der Waals surface area contributed by atoms with Crippen molar-refractivity contribution in [1.29, 1.82) is 0 Å². The van der Waals surface area contributed by atoms with Crippen molar-refractivity contribution in [2.45, 2.75) is 68.7 Å². The Labute approximate surface area is 197 Å². The lowest BCUT2D eigenvalue weighted by Gasteiger charge is -2.36. The van der Waals surface area contributed by atoms with E-state index >= 15 is 0 Å². The van der Waals surface area contributed by atoms with Crippen molar-refractivity contribution in [2.24, 2.45) is 0 Å². The summed E-state index contributed by atoms with van der Waals surface area (Å²) in [5.74, 6) is -0.860. The molecule has 3 saturated heterocycles. The van der Waals surface area contributed by atoms with E-state index in [-0.39, 0.29) is 18.7 Å². The summed E-state index contributed by atoms with van der Waals surface area (Å²) in [5, 5.41) is 9.53. The Bertz CT molecular complexity index is 865. The van der Waals surface area contributed by atoms with E-state index in [1.165, 1.54) is 37.8 Å². The summed E-state index contributed by atoms with van der Waals surface area (Å²) >= 11 is 0. The molecule has 178 valence electrons. The summed E-state index contributed by atoms with van der Waals surface area (Å²) < 4.78 is 5.70. The molecule has 0 saturated carbocycles. The maximum atomic E-state index is 12.4. The second-order valence-electron chi connectivity index (χ2n) is 9.65. The van der Waals surface area contributed by atoms with Crippen LogP contribution in [-0.4, -0.2) is 71.3 Å². The van der Waals surface area contributed by atoms with Gasteiger partial charge in [0.25, 0.3) is 0 Å². The molecule has 3 aliphatic heterocycles. The van der Waals surface area contributed by atoms with Gasteiger partial charge in [-0.3, -0.25) is 14.7 Å². The maximum Gasteiger partial charge on any atom is 0.316 e. The molecular weight excluding hydrogens is 414 g/mol. The average Bonchev–Trinajstić information content (AvgIpc) is 3.34. The fourth-order valence-electron chi connectivity index (χ4n) is 5.61. The number of fused-ring (bicyclic) bond motifs is 2. The fourth-order valence-corrected chi connectivity index (χ4v) is 5.61. The van der Waals surface area contributed by atoms with Gasteiger partial charge in [-0.15, -0.1) is 0 Å². The third-order valence-corrected chi connectivity index (χ3v) is 7.60. The summed E-state index contributed by atoms with van der Waals surface area (Å²) in [6.45, 7) is 1.02. The number of pyridine rings is 1. The Morgan fingerprint density at radius 2 is 1.82 bits per heavy atom. The van der Waals surface area contributed by atoms with Gasteiger partial charge >= 0.3 is 5.97 Å². The van der Waals surface area contributed by atoms with Crippen LogP contribution in [0.3, 0.4) is 0 Å². The SMILES string of the molecule is CN1CCC[C@H]1c1cccnc1.CN1[C@@H]2CC[C@H]1CC(OC(=O)C(CO)c1ccccc1)C2. The Kier molecular flexibility index (Phi) is 8.12. The number of rotatable bonds is 5. The van der Waals surface area contributed by atoms with E-state index in [9.17, 15) is 9.90 Å². The van der Waals surface area contributed by atoms with E-state index < -0.39 is 5.92 Å². The second-order valence-corrected chi connectivity index (χ2v) is 9.65. The number of likely N-dealkylation sites (tertiary alicyclic amines) is 1. The van der Waals surface area contributed by atoms with Crippen LogP contribution in [0.15, 0.2) is 54.9 Å². The van der Waals surface area contributed by atoms with Crippen LogP contribution < -0.4 is 0 Å². The molecule has 33 heavy (non-hydrogen) atoms. The molecule has 2 unspecified atom stereocenters. The minimum atomic E-state index is -0.566. The quantitative estimate of drug-likeness (QED) is 0.698. The van der Waals surface area contributed by atoms with Gasteiger partial charge in [-0.25, -0.2) is 0 Å². The normalized spacial score (nSPS) is 28.1. The summed E-state index contributed by atoms with van der Waals surface area (Å²) in [6, 6.07) is 15.3. The highest BCUT2D eigenvalue weighted by Gasteiger charge is 2.40. The number of aliphatic hydroxyl groups is 1. The van der Waals surface area contributed by atoms with Gasteiger partial charge in [0.05, 0.1) is 6.61 Å². The lowest BCUT2D eigenvalue weighted by atomic mass is 9.98. The molecule has 4 heterocycles. The lowest BCUT2D eigenvalue weighted by Crippen LogP contribution is -2.43. The number of hydrogen-bond acceptors (Lipinski definition) is 6. The molecule has 5 rings (SSSR count). The first-order chi connectivity index (χ1) is 16.1. The predicted molar refractivity (Wildman–Crippen MR) is 129 cm³/mol. The maximum absolute atomic E-state index is 12.4. The number of carbonyl (C=O) groups excluding carboxylic acids is 1. The van der Waals surface area contributed by atoms with Gasteiger partial charge in [-0.2, -0.15) is 0 Å². The number of esters is 1. The molecule has 2 aromatic rings. The topological polar surface area (TPSA) is 65.9 Å². The Morgan fingerprint density at radius 1 is 1.09 bits per heavy atom. The van der Waals surface area contributed by atoms with Gasteiger partial charge in [0.2, 0.25) is 0 Å². The molecule has 0 amide bonds. The van der Waals surface area contributed by atoms with Gasteiger partial charge in [-0.1, -0.05) is 36.4 Å². The fraction of sp³-hybridized carbons (Fsp3) is 0.556. The molecule has 0 radical (unpaired) electrons. The van der Waals surface area contributed by atoms with Crippen LogP contribution >= 0.6 is 0 Å². The molecule has 3 fully saturated rings. The molecule has 1 aromatic heterocycles. The molecule has 0 aliphatic carbocycles. The third-order valence-electron chi connectivity index (χ3n) is 7.60. The molecule has 0 spiro atoms. The highest BCUT2D eigenvalue weighted by molar-refractivity contribution is 5.78. The molecule has 3 aliphatic rings. The number of piperidine rings is 1. The number of aromatic nitrogens is 1. The van der Waals surface area contributed by atoms with E-state index in [4.69, 9.17) is 4.74 Å². The monoisotopic (exact) mass is 451 g/mol. The average molecular weight is 452 g/mol. The Morgan fingerprint density at radius 3 is 2.39 bits per heavy atom. The Hall–Kier alpha value is -2.28. The first-order valence-corrected chi connectivity index (χ1v) is 12.2. The number of hydrogen-bond donors (Lipinski definition) is 1. The van der Waals surface area contributed by atoms with Crippen molar-refractivity contribution in [1.82, 2.24) is 14.8 Å². The highest BCUT2D eigenvalue weighted by atomic mass is 16.5. The summed E-state index contributed by atoms with van der Waals surface area (Å²) in [6.07, 6.45) is 10.7. The standard InChI is InChI=1S/C17H23NO3.C10H14N2/c1-18-13-7-8-14(18)10-15(9-13)21-17(20)16(11-19)12-5-3-2-4-6-12;1-12-7-3-5-10(12)9-4-2-6-11-8-9/h2-6,13-16,19H,7-11H2,1H3;2,4,6,8,10H,3,5,7H2,1H3/t13-,14+,15?,16?;10-/m.0/s1. The van der Waals surface area contributed by atoms with E-state index in [0.717, 1.165) is 18.4 Å². The minimum absolute atomic E-state index is 0.00367. The van der Waals surface area contributed by atoms with E-state index in [1.807, 2.05) is 48.8 Å². The van der Waals surface area contributed by atoms with Crippen LogP contribution in [0.25, 0.3) is 0 Å². The molecular formula is C27H37N3O3. The zero-order valence-electron chi connectivity index (χ0n) is 19.8. The van der Waals surface area contributed by atoms with Crippen molar-refractivity contribution in [3.8, 4) is 0 Å². The van der Waals surface area contributed by atoms with Crippen LogP contribution in [0.2, 0.25) is 0 Å². The smallest absolute Gasteiger partial charge is 0.316 e. The number of nitrogens with zero attached hydrogens (tertiary/aromatic N) is 3. The molecule has 6 nitrogen and oxygen atoms in total. The molecule has 1 aromatic carbocycles. The first kappa shape index (κ1) is 23.9. The summed E-state index contributed by atoms with van der Waals surface area (Å²) in [5.41, 5.74) is 2.18. The van der Waals surface area contributed by atoms with Gasteiger partial charge in [0.15, 0.2) is 0 Å². The number of carbonyl (C=O) groups is 1. The molecule has 2 bridgehead atoms. The highest BCUT2D eigenvalue weighted by Crippen LogP contribution is 2.36. The molecule has 1 N–H and O–H groups in total. The third kappa shape index (κ3) is 5.81. The summed E-state index contributed by atoms with van der Waals surface area (Å²) in [4.78, 5) is 21.3. The van der Waals surface area contributed by atoms with Crippen LogP contribution in [0, 0.1) is 0 Å². The second kappa shape index (κ2) is 11.2. The molecule has 6 heteroatoms. The van der Waals surface area contributed by atoms with Gasteiger partial charge in [0.1, 0.15) is 12.0 Å². The summed E-state index contributed by atoms with van der Waals surface area (Å²) in [7, 11) is 4.35. The van der Waals surface area contributed by atoms with Crippen LogP contribution in [0.5, 0.6) is 0 Å². The van der Waals surface area contributed by atoms with Crippen LogP contribution in [0.1, 0.15) is 61.6 Å². The number of benzene rings is 1. The van der Waals surface area contributed by atoms with E-state index in [1.54, 1.807) is 0 Å². The first-order valence-electron chi connectivity index (χ1n) is 12.2. The number of aliphatic hydroxyl groups excluding tert-OH is 1. The predicted octanol–water partition coefficient (Wildman–Crippen LogP) is 3.78. The van der Waals surface area contributed by atoms with Crippen LogP contribution in [0.4, 0.5) is 0 Å². The van der Waals surface area contributed by atoms with Crippen molar-refractivity contribution >= 4 is 5.97 Å². The van der Waals surface area contributed by atoms with E-state index in [0.29, 0.717) is 18.1 Å². The van der Waals surface area contributed by atoms with Crippen molar-refractivity contribution in [3.63, 3.8) is 0 Å². The largest absolute Gasteiger partial charge is 0.462 e. The minimum Gasteiger partial charge on any atom is -0.462 e. The lowest BCUT2D eigenvalue weighted by molar-refractivity contribution is -0.155. The Balaban J connectivity index is 0.000000183. The molecule has 5 atom stereocenters. The number of ether oxygens (including phenoxy) is 1. The van der Waals surface area contributed by atoms with Gasteiger partial charge in [0, 0.05) is 30.5 Å². The van der Waals surface area contributed by atoms with Gasteiger partial charge in [-0.05, 0) is 76.4 Å². The van der Waals surface area contributed by atoms with Crippen molar-refractivity contribution in [2.75, 3.05) is 27.2 Å². The van der Waals surface area contributed by atoms with E-state index in [2.05, 4.69) is 34.9 Å². The van der Waals surface area contributed by atoms with Crippen molar-refractivity contribution in [3.05, 3.63) is 66.0 Å². The van der Waals surface area contributed by atoms with Crippen molar-refractivity contribution < 1.29 is 14.6 Å². The van der Waals surface area contributed by atoms with Crippen LogP contribution in [-0.2, 0) is 9.53 Å². The zero-order chi connectivity index (χ0) is 23.2. The zero-order valence-corrected chi connectivity index (χ0v) is 19.8.